The number of rotatable bonds is 2. The second kappa shape index (κ2) is 4.48. The number of esters is 1. The van der Waals surface area contributed by atoms with Gasteiger partial charge in [0.05, 0.1) is 11.4 Å². The van der Waals surface area contributed by atoms with Crippen LogP contribution >= 0.6 is 0 Å². The molecule has 0 spiro atoms. The van der Waals surface area contributed by atoms with Crippen LogP contribution in [-0.2, 0) is 15.1 Å². The minimum Gasteiger partial charge on any atom is -0.448 e. The van der Waals surface area contributed by atoms with Gasteiger partial charge in [-0.2, -0.15) is 0 Å². The molecule has 1 atom stereocenters. The van der Waals surface area contributed by atoms with Gasteiger partial charge in [-0.3, -0.25) is 9.79 Å². The van der Waals surface area contributed by atoms with Crippen LogP contribution in [0.1, 0.15) is 50.2 Å². The molecule has 1 saturated carbocycles. The molecule has 3 heteroatoms. The molecule has 1 aliphatic heterocycles. The summed E-state index contributed by atoms with van der Waals surface area (Å²) in [4.78, 5) is 16.5. The molecule has 1 aromatic carbocycles. The van der Waals surface area contributed by atoms with Crippen molar-refractivity contribution in [3.05, 3.63) is 29.3 Å². The first-order valence-corrected chi connectivity index (χ1v) is 7.07. The molecule has 1 unspecified atom stereocenters. The maximum Gasteiger partial charge on any atom is 0.306 e. The van der Waals surface area contributed by atoms with E-state index in [0.717, 1.165) is 42.6 Å². The van der Waals surface area contributed by atoms with E-state index in [-0.39, 0.29) is 5.97 Å². The highest BCUT2D eigenvalue weighted by Gasteiger charge is 2.47. The molecule has 1 aromatic rings. The van der Waals surface area contributed by atoms with Gasteiger partial charge in [-0.15, -0.1) is 0 Å². The molecule has 0 amide bonds. The summed E-state index contributed by atoms with van der Waals surface area (Å²) in [6.07, 6.45) is 4.44. The van der Waals surface area contributed by atoms with Crippen molar-refractivity contribution in [3.63, 3.8) is 0 Å². The lowest BCUT2D eigenvalue weighted by Crippen LogP contribution is -2.40. The number of benzene rings is 1. The zero-order chi connectivity index (χ0) is 13.5. The van der Waals surface area contributed by atoms with Crippen LogP contribution in [0.2, 0.25) is 0 Å². The Balaban J connectivity index is 2.10. The Morgan fingerprint density at radius 2 is 2.26 bits per heavy atom. The molecule has 3 rings (SSSR count). The Kier molecular flexibility index (Phi) is 2.92. The molecule has 19 heavy (non-hydrogen) atoms. The van der Waals surface area contributed by atoms with Crippen LogP contribution in [0, 0.1) is 6.92 Å². The van der Waals surface area contributed by atoms with E-state index in [2.05, 4.69) is 19.1 Å². The lowest BCUT2D eigenvalue weighted by atomic mass is 9.78. The van der Waals surface area contributed by atoms with Gasteiger partial charge in [0, 0.05) is 12.0 Å². The number of carbonyl (C=O) groups is 1. The van der Waals surface area contributed by atoms with E-state index < -0.39 is 5.60 Å². The summed E-state index contributed by atoms with van der Waals surface area (Å²) in [6.45, 7) is 3.90. The van der Waals surface area contributed by atoms with E-state index in [4.69, 9.17) is 9.73 Å². The fraction of sp³-hybridized carbons (Fsp3) is 0.500. The highest BCUT2D eigenvalue weighted by molar-refractivity contribution is 6.02. The van der Waals surface area contributed by atoms with Gasteiger partial charge in [0.1, 0.15) is 0 Å². The lowest BCUT2D eigenvalue weighted by molar-refractivity contribution is -0.154. The maximum absolute atomic E-state index is 11.8. The van der Waals surface area contributed by atoms with E-state index in [1.54, 1.807) is 0 Å². The van der Waals surface area contributed by atoms with Gasteiger partial charge in [0.2, 0.25) is 0 Å². The zero-order valence-corrected chi connectivity index (χ0v) is 11.5. The van der Waals surface area contributed by atoms with E-state index in [1.807, 2.05) is 13.0 Å². The van der Waals surface area contributed by atoms with Gasteiger partial charge < -0.3 is 4.74 Å². The number of hydrogen-bond acceptors (Lipinski definition) is 3. The molecule has 1 heterocycles. The Bertz CT molecular complexity index is 562. The normalized spacial score (nSPS) is 24.4. The van der Waals surface area contributed by atoms with E-state index in [1.165, 1.54) is 5.56 Å². The van der Waals surface area contributed by atoms with Crippen molar-refractivity contribution in [1.82, 2.24) is 0 Å². The molecule has 0 bridgehead atoms. The summed E-state index contributed by atoms with van der Waals surface area (Å²) in [5, 5.41) is 0. The van der Waals surface area contributed by atoms with Gasteiger partial charge in [-0.1, -0.05) is 18.6 Å². The molecule has 0 saturated heterocycles. The van der Waals surface area contributed by atoms with Crippen molar-refractivity contribution in [1.29, 1.82) is 0 Å². The predicted molar refractivity (Wildman–Crippen MR) is 74.8 cm³/mol. The molecule has 100 valence electrons. The third kappa shape index (κ3) is 1.88. The van der Waals surface area contributed by atoms with Crippen LogP contribution in [0.25, 0.3) is 0 Å². The Hall–Kier alpha value is -1.64. The first-order chi connectivity index (χ1) is 9.15. The summed E-state index contributed by atoms with van der Waals surface area (Å²) in [5.41, 5.74) is 3.73. The number of aryl methyl sites for hydroxylation is 1. The van der Waals surface area contributed by atoms with Crippen molar-refractivity contribution in [2.24, 2.45) is 4.99 Å². The van der Waals surface area contributed by atoms with E-state index in [0.29, 0.717) is 6.42 Å². The minimum absolute atomic E-state index is 0.135. The van der Waals surface area contributed by atoms with Crippen molar-refractivity contribution >= 4 is 17.4 Å². The summed E-state index contributed by atoms with van der Waals surface area (Å²) >= 11 is 0. The van der Waals surface area contributed by atoms with Crippen LogP contribution in [-0.4, -0.2) is 11.7 Å². The molecule has 2 aliphatic rings. The van der Waals surface area contributed by atoms with Crippen LogP contribution in [0.5, 0.6) is 0 Å². The number of hydrogen-bond donors (Lipinski definition) is 0. The fourth-order valence-corrected chi connectivity index (χ4v) is 3.10. The second-order valence-corrected chi connectivity index (χ2v) is 5.44. The van der Waals surface area contributed by atoms with Gasteiger partial charge in [-0.25, -0.2) is 0 Å². The van der Waals surface area contributed by atoms with Crippen LogP contribution in [0.15, 0.2) is 23.2 Å². The first-order valence-electron chi connectivity index (χ1n) is 7.07. The average molecular weight is 257 g/mol. The molecule has 0 radical (unpaired) electrons. The van der Waals surface area contributed by atoms with Gasteiger partial charge >= 0.3 is 5.97 Å². The number of aliphatic imine (C=N–C) groups is 1. The summed E-state index contributed by atoms with van der Waals surface area (Å²) < 4.78 is 5.86. The maximum atomic E-state index is 11.8. The predicted octanol–water partition coefficient (Wildman–Crippen LogP) is 3.80. The van der Waals surface area contributed by atoms with Crippen LogP contribution in [0.3, 0.4) is 0 Å². The minimum atomic E-state index is -0.563. The smallest absolute Gasteiger partial charge is 0.306 e. The summed E-state index contributed by atoms with van der Waals surface area (Å²) in [6, 6.07) is 6.23. The monoisotopic (exact) mass is 257 g/mol. The summed E-state index contributed by atoms with van der Waals surface area (Å²) in [7, 11) is 0. The van der Waals surface area contributed by atoms with Crippen LogP contribution < -0.4 is 0 Å². The SMILES string of the molecule is CCC(=O)OC12CCCCC1=Nc1ccc(C)cc12. The average Bonchev–Trinajstić information content (AvgIpc) is 2.72. The third-order valence-corrected chi connectivity index (χ3v) is 4.08. The number of nitrogens with zero attached hydrogens (tertiary/aromatic N) is 1. The lowest BCUT2D eigenvalue weighted by Gasteiger charge is -2.35. The summed E-state index contributed by atoms with van der Waals surface area (Å²) in [5.74, 6) is -0.135. The molecular weight excluding hydrogens is 238 g/mol. The third-order valence-electron chi connectivity index (χ3n) is 4.08. The molecule has 0 aromatic heterocycles. The van der Waals surface area contributed by atoms with Crippen molar-refractivity contribution in [3.8, 4) is 0 Å². The number of ether oxygens (including phenoxy) is 1. The molecule has 3 nitrogen and oxygen atoms in total. The van der Waals surface area contributed by atoms with Crippen molar-refractivity contribution < 1.29 is 9.53 Å². The second-order valence-electron chi connectivity index (χ2n) is 5.44. The van der Waals surface area contributed by atoms with Crippen molar-refractivity contribution in [2.75, 3.05) is 0 Å². The Labute approximate surface area is 113 Å². The van der Waals surface area contributed by atoms with Crippen molar-refractivity contribution in [2.45, 2.75) is 51.6 Å². The quantitative estimate of drug-likeness (QED) is 0.756. The Morgan fingerprint density at radius 3 is 3.05 bits per heavy atom. The zero-order valence-electron chi connectivity index (χ0n) is 11.5. The van der Waals surface area contributed by atoms with Gasteiger partial charge in [0.15, 0.2) is 5.60 Å². The molecular formula is C16H19NO2. The van der Waals surface area contributed by atoms with Gasteiger partial charge in [0.25, 0.3) is 0 Å². The first kappa shape index (κ1) is 12.4. The number of carbonyl (C=O) groups excluding carboxylic acids is 1. The standard InChI is InChI=1S/C16H19NO2/c1-3-15(18)19-16-9-5-4-6-14(16)17-13-8-7-11(2)10-12(13)16/h7-8,10H,3-6,9H2,1-2H3. The largest absolute Gasteiger partial charge is 0.448 e. The Morgan fingerprint density at radius 1 is 1.42 bits per heavy atom. The highest BCUT2D eigenvalue weighted by Crippen LogP contribution is 2.48. The van der Waals surface area contributed by atoms with E-state index >= 15 is 0 Å². The molecule has 0 N–H and O–H groups in total. The fourth-order valence-electron chi connectivity index (χ4n) is 3.10. The number of fused-ring (bicyclic) bond motifs is 3. The van der Waals surface area contributed by atoms with Crippen LogP contribution in [0.4, 0.5) is 5.69 Å². The highest BCUT2D eigenvalue weighted by atomic mass is 16.6. The molecule has 1 aliphatic carbocycles. The van der Waals surface area contributed by atoms with Gasteiger partial charge in [-0.05, 0) is 44.7 Å². The topological polar surface area (TPSA) is 38.7 Å². The van der Waals surface area contributed by atoms with E-state index in [9.17, 15) is 4.79 Å². The molecule has 1 fully saturated rings.